The summed E-state index contributed by atoms with van der Waals surface area (Å²) in [5.41, 5.74) is 1.68. The number of likely N-dealkylation sites (tertiary alicyclic amines) is 1. The highest BCUT2D eigenvalue weighted by Crippen LogP contribution is 2.44. The van der Waals surface area contributed by atoms with Gasteiger partial charge in [-0.25, -0.2) is 15.0 Å². The number of aromatic nitrogens is 4. The van der Waals surface area contributed by atoms with Crippen LogP contribution in [-0.2, 0) is 4.79 Å². The van der Waals surface area contributed by atoms with E-state index in [0.717, 1.165) is 63.2 Å². The number of imidazole rings is 1. The lowest BCUT2D eigenvalue weighted by molar-refractivity contribution is -0.142. The van der Waals surface area contributed by atoms with Crippen molar-refractivity contribution >= 4 is 23.0 Å². The van der Waals surface area contributed by atoms with Gasteiger partial charge in [0.15, 0.2) is 11.5 Å². The van der Waals surface area contributed by atoms with Gasteiger partial charge in [-0.2, -0.15) is 0 Å². The van der Waals surface area contributed by atoms with Gasteiger partial charge in [-0.05, 0) is 37.6 Å². The molecule has 2 aromatic rings. The highest BCUT2D eigenvalue weighted by Gasteiger charge is 2.47. The number of carboxylic acid groups (broad SMARTS) is 1. The third-order valence-corrected chi connectivity index (χ3v) is 5.73. The van der Waals surface area contributed by atoms with Crippen LogP contribution in [-0.4, -0.2) is 68.1 Å². The second-order valence-electron chi connectivity index (χ2n) is 7.31. The van der Waals surface area contributed by atoms with Gasteiger partial charge >= 0.3 is 5.97 Å². The van der Waals surface area contributed by atoms with Gasteiger partial charge in [0, 0.05) is 19.6 Å². The number of aliphatic carboxylic acids is 1. The number of anilines is 1. The number of rotatable bonds is 4. The van der Waals surface area contributed by atoms with Crippen molar-refractivity contribution in [2.24, 2.45) is 5.41 Å². The van der Waals surface area contributed by atoms with E-state index in [4.69, 9.17) is 0 Å². The summed E-state index contributed by atoms with van der Waals surface area (Å²) in [5, 5.41) is 9.57. The van der Waals surface area contributed by atoms with E-state index in [9.17, 15) is 9.90 Å². The van der Waals surface area contributed by atoms with E-state index in [1.165, 1.54) is 0 Å². The molecular weight excluding hydrogens is 320 g/mol. The number of hydrogen-bond acceptors (Lipinski definition) is 6. The predicted octanol–water partition coefficient (Wildman–Crippen LogP) is 1.51. The molecule has 0 unspecified atom stereocenters. The Balaban J connectivity index is 1.50. The summed E-state index contributed by atoms with van der Waals surface area (Å²) in [4.78, 5) is 32.0. The SMILES string of the molecule is CCCN1CC2(CCN(c3ncnc4nc[nH]c34)CC2)C[C@@H]1C(=O)O. The molecule has 0 amide bonds. The minimum absolute atomic E-state index is 0.120. The third kappa shape index (κ3) is 2.84. The van der Waals surface area contributed by atoms with Crippen LogP contribution < -0.4 is 4.90 Å². The zero-order valence-corrected chi connectivity index (χ0v) is 14.5. The fourth-order valence-electron chi connectivity index (χ4n) is 4.46. The summed E-state index contributed by atoms with van der Waals surface area (Å²) in [5.74, 6) is 0.221. The van der Waals surface area contributed by atoms with Crippen LogP contribution in [0.25, 0.3) is 11.2 Å². The number of nitrogens with zero attached hydrogens (tertiary/aromatic N) is 5. The van der Waals surface area contributed by atoms with Crippen molar-refractivity contribution in [3.63, 3.8) is 0 Å². The molecule has 25 heavy (non-hydrogen) atoms. The Hall–Kier alpha value is -2.22. The fraction of sp³-hybridized carbons (Fsp3) is 0.647. The Labute approximate surface area is 146 Å². The van der Waals surface area contributed by atoms with Gasteiger partial charge in [0.2, 0.25) is 0 Å². The predicted molar refractivity (Wildman–Crippen MR) is 93.5 cm³/mol. The summed E-state index contributed by atoms with van der Waals surface area (Å²) in [7, 11) is 0. The molecule has 0 radical (unpaired) electrons. The number of piperidine rings is 1. The van der Waals surface area contributed by atoms with Crippen molar-refractivity contribution in [3.05, 3.63) is 12.7 Å². The van der Waals surface area contributed by atoms with Crippen molar-refractivity contribution in [1.82, 2.24) is 24.8 Å². The topological polar surface area (TPSA) is 98.2 Å². The molecule has 4 rings (SSSR count). The van der Waals surface area contributed by atoms with E-state index in [-0.39, 0.29) is 11.5 Å². The van der Waals surface area contributed by atoms with Gasteiger partial charge in [0.1, 0.15) is 17.9 Å². The fourth-order valence-corrected chi connectivity index (χ4v) is 4.46. The highest BCUT2D eigenvalue weighted by molar-refractivity contribution is 5.82. The maximum atomic E-state index is 11.6. The molecular formula is C17H24N6O2. The summed E-state index contributed by atoms with van der Waals surface area (Å²) in [6.45, 7) is 5.64. The van der Waals surface area contributed by atoms with Gasteiger partial charge in [0.25, 0.3) is 0 Å². The molecule has 2 N–H and O–H groups in total. The van der Waals surface area contributed by atoms with Gasteiger partial charge in [-0.1, -0.05) is 6.92 Å². The minimum Gasteiger partial charge on any atom is -0.480 e. The van der Waals surface area contributed by atoms with Crippen LogP contribution in [0.4, 0.5) is 5.82 Å². The number of carbonyl (C=O) groups is 1. The molecule has 0 aliphatic carbocycles. The summed E-state index contributed by atoms with van der Waals surface area (Å²) in [6, 6.07) is -0.329. The van der Waals surface area contributed by atoms with Crippen molar-refractivity contribution in [1.29, 1.82) is 0 Å². The second-order valence-corrected chi connectivity index (χ2v) is 7.31. The van der Waals surface area contributed by atoms with E-state index >= 15 is 0 Å². The zero-order valence-electron chi connectivity index (χ0n) is 14.5. The van der Waals surface area contributed by atoms with E-state index in [0.29, 0.717) is 5.65 Å². The average Bonchev–Trinajstić information content (AvgIpc) is 3.21. The Morgan fingerprint density at radius 1 is 1.36 bits per heavy atom. The van der Waals surface area contributed by atoms with Gasteiger partial charge in [0.05, 0.1) is 6.33 Å². The third-order valence-electron chi connectivity index (χ3n) is 5.73. The summed E-state index contributed by atoms with van der Waals surface area (Å²) >= 11 is 0. The molecule has 0 saturated carbocycles. The maximum absolute atomic E-state index is 11.6. The standard InChI is InChI=1S/C17H24N6O2/c1-2-5-23-9-17(8-12(23)16(24)25)3-6-22(7-4-17)15-13-14(19-10-18-13)20-11-21-15/h10-12H,2-9H2,1H3,(H,24,25)(H,18,19,20,21)/t12-/m1/s1. The molecule has 2 fully saturated rings. The molecule has 2 aliphatic rings. The lowest BCUT2D eigenvalue weighted by Crippen LogP contribution is -2.42. The first-order chi connectivity index (χ1) is 12.1. The van der Waals surface area contributed by atoms with Crippen molar-refractivity contribution < 1.29 is 9.90 Å². The molecule has 134 valence electrons. The molecule has 0 aromatic carbocycles. The highest BCUT2D eigenvalue weighted by atomic mass is 16.4. The van der Waals surface area contributed by atoms with E-state index in [2.05, 4.69) is 36.7 Å². The molecule has 8 nitrogen and oxygen atoms in total. The maximum Gasteiger partial charge on any atom is 0.320 e. The smallest absolute Gasteiger partial charge is 0.320 e. The van der Waals surface area contributed by atoms with Gasteiger partial charge in [-0.3, -0.25) is 9.69 Å². The number of nitrogens with one attached hydrogen (secondary N) is 1. The Morgan fingerprint density at radius 2 is 2.16 bits per heavy atom. The van der Waals surface area contributed by atoms with Crippen LogP contribution >= 0.6 is 0 Å². The Morgan fingerprint density at radius 3 is 2.88 bits per heavy atom. The van der Waals surface area contributed by atoms with Gasteiger partial charge in [-0.15, -0.1) is 0 Å². The lowest BCUT2D eigenvalue weighted by Gasteiger charge is -2.39. The summed E-state index contributed by atoms with van der Waals surface area (Å²) < 4.78 is 0. The monoisotopic (exact) mass is 344 g/mol. The molecule has 2 aromatic heterocycles. The van der Waals surface area contributed by atoms with E-state index < -0.39 is 5.97 Å². The lowest BCUT2D eigenvalue weighted by atomic mass is 9.76. The molecule has 2 saturated heterocycles. The number of hydrogen-bond donors (Lipinski definition) is 2. The number of aromatic amines is 1. The van der Waals surface area contributed by atoms with Crippen LogP contribution in [0, 0.1) is 5.41 Å². The molecule has 1 atom stereocenters. The van der Waals surface area contributed by atoms with Crippen molar-refractivity contribution in [2.45, 2.75) is 38.6 Å². The quantitative estimate of drug-likeness (QED) is 0.867. The average molecular weight is 344 g/mol. The number of carboxylic acids is 1. The Bertz CT molecular complexity index is 767. The second kappa shape index (κ2) is 6.25. The molecule has 4 heterocycles. The van der Waals surface area contributed by atoms with Crippen molar-refractivity contribution in [2.75, 3.05) is 31.1 Å². The largest absolute Gasteiger partial charge is 0.480 e. The van der Waals surface area contributed by atoms with Crippen LogP contribution in [0.1, 0.15) is 32.6 Å². The molecule has 1 spiro atoms. The van der Waals surface area contributed by atoms with Crippen molar-refractivity contribution in [3.8, 4) is 0 Å². The van der Waals surface area contributed by atoms with Crippen LogP contribution in [0.5, 0.6) is 0 Å². The molecule has 0 bridgehead atoms. The molecule has 8 heteroatoms. The summed E-state index contributed by atoms with van der Waals surface area (Å²) in [6.07, 6.45) is 6.95. The Kier molecular flexibility index (Phi) is 4.07. The number of H-pyrrole nitrogens is 1. The minimum atomic E-state index is -0.678. The van der Waals surface area contributed by atoms with E-state index in [1.807, 2.05) is 0 Å². The zero-order chi connectivity index (χ0) is 17.4. The van der Waals surface area contributed by atoms with Crippen LogP contribution in [0.3, 0.4) is 0 Å². The normalized spacial score (nSPS) is 23.6. The number of fused-ring (bicyclic) bond motifs is 1. The first-order valence-electron chi connectivity index (χ1n) is 8.98. The van der Waals surface area contributed by atoms with Gasteiger partial charge < -0.3 is 15.0 Å². The van der Waals surface area contributed by atoms with Crippen LogP contribution in [0.2, 0.25) is 0 Å². The molecule has 2 aliphatic heterocycles. The first kappa shape index (κ1) is 16.3. The first-order valence-corrected chi connectivity index (χ1v) is 8.98. The van der Waals surface area contributed by atoms with E-state index in [1.54, 1.807) is 12.7 Å². The van der Waals surface area contributed by atoms with Crippen LogP contribution in [0.15, 0.2) is 12.7 Å².